The molecule has 9 nitrogen and oxygen atoms in total. The summed E-state index contributed by atoms with van der Waals surface area (Å²) in [6, 6.07) is 13.8. The molecular formula is C23H22N3NaO6. The number of carboxylic acids is 1. The third kappa shape index (κ3) is 6.38. The number of urea groups is 1. The number of pyridine rings is 1. The van der Waals surface area contributed by atoms with Gasteiger partial charge in [0, 0.05) is 18.8 Å². The Kier molecular flexibility index (Phi) is 9.10. The van der Waals surface area contributed by atoms with E-state index in [1.54, 1.807) is 18.2 Å². The van der Waals surface area contributed by atoms with Gasteiger partial charge in [-0.25, -0.2) is 4.79 Å². The first kappa shape index (κ1) is 26.0. The smallest absolute Gasteiger partial charge is 0.871 e. The number of methoxy groups -OCH3 is 1. The van der Waals surface area contributed by atoms with Crippen LogP contribution in [-0.4, -0.2) is 28.8 Å². The van der Waals surface area contributed by atoms with E-state index in [4.69, 9.17) is 4.74 Å². The third-order valence-corrected chi connectivity index (χ3v) is 4.86. The number of aliphatic carboxylic acids is 1. The number of aryl methyl sites for hydroxylation is 1. The summed E-state index contributed by atoms with van der Waals surface area (Å²) in [5.41, 5.74) is 1.01. The molecule has 1 unspecified atom stereocenters. The average molecular weight is 459 g/mol. The van der Waals surface area contributed by atoms with Crippen molar-refractivity contribution in [3.8, 4) is 22.6 Å². The molecule has 0 aliphatic carbocycles. The molecule has 166 valence electrons. The summed E-state index contributed by atoms with van der Waals surface area (Å²) in [4.78, 5) is 36.1. The van der Waals surface area contributed by atoms with Gasteiger partial charge in [0.2, 0.25) is 0 Å². The van der Waals surface area contributed by atoms with Crippen LogP contribution in [-0.2, 0) is 11.8 Å². The van der Waals surface area contributed by atoms with Gasteiger partial charge < -0.3 is 30.2 Å². The Morgan fingerprint density at radius 1 is 1.15 bits per heavy atom. The summed E-state index contributed by atoms with van der Waals surface area (Å²) in [5.74, 6) is -1.19. The van der Waals surface area contributed by atoms with Crippen molar-refractivity contribution < 1.29 is 54.1 Å². The van der Waals surface area contributed by atoms with Crippen molar-refractivity contribution in [3.63, 3.8) is 0 Å². The largest absolute Gasteiger partial charge is 1.00 e. The molecule has 2 aromatic carbocycles. The van der Waals surface area contributed by atoms with Crippen molar-refractivity contribution in [2.45, 2.75) is 12.5 Å². The molecule has 33 heavy (non-hydrogen) atoms. The van der Waals surface area contributed by atoms with E-state index in [9.17, 15) is 24.6 Å². The van der Waals surface area contributed by atoms with Gasteiger partial charge in [0.15, 0.2) is 0 Å². The number of rotatable bonds is 7. The molecule has 0 saturated heterocycles. The van der Waals surface area contributed by atoms with E-state index in [1.165, 1.54) is 20.4 Å². The third-order valence-electron chi connectivity index (χ3n) is 4.86. The molecule has 1 aromatic heterocycles. The monoisotopic (exact) mass is 459 g/mol. The predicted molar refractivity (Wildman–Crippen MR) is 117 cm³/mol. The summed E-state index contributed by atoms with van der Waals surface area (Å²) >= 11 is 0. The molecule has 10 heteroatoms. The Labute approximate surface area is 212 Å². The number of carboxylic acid groups (broad SMARTS) is 1. The number of hydrogen-bond donors (Lipinski definition) is 3. The van der Waals surface area contributed by atoms with Gasteiger partial charge in [0.25, 0.3) is 5.56 Å². The molecule has 3 rings (SSSR count). The van der Waals surface area contributed by atoms with Gasteiger partial charge in [0.1, 0.15) is 11.4 Å². The zero-order chi connectivity index (χ0) is 23.3. The minimum absolute atomic E-state index is 0. The van der Waals surface area contributed by atoms with Crippen molar-refractivity contribution in [2.75, 3.05) is 12.4 Å². The maximum atomic E-state index is 12.5. The van der Waals surface area contributed by atoms with Crippen LogP contribution in [0.5, 0.6) is 11.5 Å². The fourth-order valence-electron chi connectivity index (χ4n) is 3.25. The molecule has 0 bridgehead atoms. The summed E-state index contributed by atoms with van der Waals surface area (Å²) in [5, 5.41) is 26.1. The molecule has 0 saturated carbocycles. The standard InChI is InChI=1S/C23H23N3O6.Na/c1-26-11-10-18(27)21(22(26)30)25-23(31)24-17(13-20(28)29)15-8-9-19(32-2)16(12-15)14-6-4-3-5-7-14;/h3-12,17,27H,13H2,1-2H3,(H,28,29)(H2,24,25,31);/q;+1/p-1. The van der Waals surface area contributed by atoms with Crippen molar-refractivity contribution in [2.24, 2.45) is 7.05 Å². The summed E-state index contributed by atoms with van der Waals surface area (Å²) in [6.07, 6.45) is 0.883. The molecule has 1 heterocycles. The number of aromatic nitrogens is 1. The summed E-state index contributed by atoms with van der Waals surface area (Å²) < 4.78 is 6.58. The maximum Gasteiger partial charge on any atom is 1.00 e. The summed E-state index contributed by atoms with van der Waals surface area (Å²) in [6.45, 7) is 0. The van der Waals surface area contributed by atoms with E-state index < -0.39 is 41.5 Å². The van der Waals surface area contributed by atoms with Gasteiger partial charge in [-0.3, -0.25) is 9.59 Å². The Morgan fingerprint density at radius 2 is 1.85 bits per heavy atom. The van der Waals surface area contributed by atoms with Gasteiger partial charge in [-0.15, -0.1) is 0 Å². The topological polar surface area (TPSA) is 133 Å². The Balaban J connectivity index is 0.00000385. The van der Waals surface area contributed by atoms with E-state index in [1.807, 2.05) is 30.3 Å². The van der Waals surface area contributed by atoms with Crippen LogP contribution in [0.25, 0.3) is 11.1 Å². The minimum Gasteiger partial charge on any atom is -0.871 e. The quantitative estimate of drug-likeness (QED) is 0.407. The first-order valence-electron chi connectivity index (χ1n) is 9.69. The van der Waals surface area contributed by atoms with E-state index in [0.717, 1.165) is 21.8 Å². The number of hydrogen-bond acceptors (Lipinski definition) is 5. The Bertz CT molecular complexity index is 1200. The number of nitrogens with one attached hydrogen (secondary N) is 2. The van der Waals surface area contributed by atoms with Crippen LogP contribution >= 0.6 is 0 Å². The van der Waals surface area contributed by atoms with E-state index in [0.29, 0.717) is 11.3 Å². The van der Waals surface area contributed by atoms with Crippen molar-refractivity contribution in [3.05, 3.63) is 76.7 Å². The van der Waals surface area contributed by atoms with Gasteiger partial charge >= 0.3 is 41.6 Å². The van der Waals surface area contributed by atoms with E-state index in [-0.39, 0.29) is 29.6 Å². The van der Waals surface area contributed by atoms with Gasteiger partial charge in [-0.1, -0.05) is 48.2 Å². The molecule has 1 atom stereocenters. The van der Waals surface area contributed by atoms with Crippen LogP contribution < -0.4 is 55.6 Å². The molecule has 0 spiro atoms. The van der Waals surface area contributed by atoms with Crippen LogP contribution in [0.4, 0.5) is 10.5 Å². The first-order valence-corrected chi connectivity index (χ1v) is 9.69. The van der Waals surface area contributed by atoms with E-state index >= 15 is 0 Å². The maximum absolute atomic E-state index is 12.5. The van der Waals surface area contributed by atoms with Crippen molar-refractivity contribution >= 4 is 17.7 Å². The molecule has 3 N–H and O–H groups in total. The molecular weight excluding hydrogens is 437 g/mol. The number of ether oxygens (including phenoxy) is 1. The van der Waals surface area contributed by atoms with Crippen LogP contribution in [0.2, 0.25) is 0 Å². The normalized spacial score (nSPS) is 11.1. The average Bonchev–Trinajstić information content (AvgIpc) is 2.78. The second-order valence-electron chi connectivity index (χ2n) is 7.05. The second-order valence-corrected chi connectivity index (χ2v) is 7.05. The van der Waals surface area contributed by atoms with Crippen LogP contribution in [0.3, 0.4) is 0 Å². The zero-order valence-electron chi connectivity index (χ0n) is 18.5. The predicted octanol–water partition coefficient (Wildman–Crippen LogP) is -0.524. The molecule has 0 fully saturated rings. The Hall–Kier alpha value is -3.27. The number of anilines is 1. The molecule has 3 aromatic rings. The van der Waals surface area contributed by atoms with E-state index in [2.05, 4.69) is 10.6 Å². The van der Waals surface area contributed by atoms with Crippen LogP contribution in [0.1, 0.15) is 18.0 Å². The number of carbonyl (C=O) groups is 2. The second kappa shape index (κ2) is 11.6. The molecule has 0 radical (unpaired) electrons. The van der Waals surface area contributed by atoms with Crippen molar-refractivity contribution in [1.82, 2.24) is 9.88 Å². The number of amides is 2. The minimum atomic E-state index is -1.13. The van der Waals surface area contributed by atoms with Gasteiger partial charge in [-0.05, 0) is 23.3 Å². The fourth-order valence-corrected chi connectivity index (χ4v) is 3.25. The Morgan fingerprint density at radius 3 is 2.48 bits per heavy atom. The summed E-state index contributed by atoms with van der Waals surface area (Å²) in [7, 11) is 2.98. The van der Waals surface area contributed by atoms with Crippen molar-refractivity contribution in [1.29, 1.82) is 0 Å². The molecule has 2 amide bonds. The first-order chi connectivity index (χ1) is 15.3. The zero-order valence-corrected chi connectivity index (χ0v) is 20.5. The fraction of sp³-hybridized carbons (Fsp3) is 0.174. The number of nitrogens with zero attached hydrogens (tertiary/aromatic N) is 1. The molecule has 0 aliphatic heterocycles. The SMILES string of the molecule is COc1ccc(C(CC(=O)O)NC(=O)Nc2c([O-])ccn(C)c2=O)cc1-c1ccccc1.[Na+]. The molecule has 0 aliphatic rings. The number of carbonyl (C=O) groups excluding carboxylic acids is 1. The number of benzene rings is 2. The van der Waals surface area contributed by atoms with Gasteiger partial charge in [-0.2, -0.15) is 0 Å². The van der Waals surface area contributed by atoms with Crippen LogP contribution in [0.15, 0.2) is 65.6 Å². The van der Waals surface area contributed by atoms with Crippen LogP contribution in [0, 0.1) is 0 Å². The van der Waals surface area contributed by atoms with Gasteiger partial charge in [0.05, 0.1) is 19.6 Å².